The lowest BCUT2D eigenvalue weighted by Gasteiger charge is -2.55. The summed E-state index contributed by atoms with van der Waals surface area (Å²) in [6.45, 7) is 8.62. The van der Waals surface area contributed by atoms with Crippen LogP contribution >= 0.6 is 0 Å². The molecule has 3 saturated heterocycles. The number of likely N-dealkylation sites (tertiary alicyclic amines) is 1. The maximum absolute atomic E-state index is 13.0. The number of anilines is 1. The number of ether oxygens (including phenoxy) is 1. The van der Waals surface area contributed by atoms with E-state index in [-0.39, 0.29) is 30.3 Å². The summed E-state index contributed by atoms with van der Waals surface area (Å²) in [4.78, 5) is 54.3. The molecule has 0 radical (unpaired) electrons. The maximum atomic E-state index is 13.0. The first kappa shape index (κ1) is 23.6. The van der Waals surface area contributed by atoms with Gasteiger partial charge in [0.15, 0.2) is 6.23 Å². The number of piperidine rings is 2. The van der Waals surface area contributed by atoms with Crippen LogP contribution in [0.15, 0.2) is 18.2 Å². The number of nitrogens with one attached hydrogen (secondary N) is 1. The molecule has 1 spiro atoms. The third-order valence-electron chi connectivity index (χ3n) is 7.48. The van der Waals surface area contributed by atoms with Gasteiger partial charge in [-0.2, -0.15) is 0 Å². The Balaban J connectivity index is 1.22. The Kier molecular flexibility index (Phi) is 5.54. The molecule has 10 nitrogen and oxygen atoms in total. The van der Waals surface area contributed by atoms with E-state index in [1.807, 2.05) is 32.9 Å². The number of aliphatic hydroxyl groups excluding tert-OH is 1. The smallest absolute Gasteiger partial charge is 0.410 e. The average Bonchev–Trinajstić information content (AvgIpc) is 3.01. The van der Waals surface area contributed by atoms with Crippen molar-refractivity contribution in [3.05, 3.63) is 29.3 Å². The molecule has 0 bridgehead atoms. The quantitative estimate of drug-likeness (QED) is 0.614. The van der Waals surface area contributed by atoms with Crippen LogP contribution < -0.4 is 10.2 Å². The molecule has 5 rings (SSSR count). The molecule has 4 heterocycles. The highest BCUT2D eigenvalue weighted by molar-refractivity contribution is 6.05. The molecule has 4 aliphatic heterocycles. The standard InChI is InChI=1S/C25H32N4O6/c1-24(2,3)35-23(34)27-10-8-25(9-11-27)13-28(14-25)15-4-5-16-17(12-15)22(33)29(21(16)32)18-6-7-19(30)26-20(18)31/h4-5,12,18,22,33H,6-11,13-14H2,1-3H3,(H,26,30,31). The van der Waals surface area contributed by atoms with Crippen molar-refractivity contribution in [3.8, 4) is 0 Å². The minimum absolute atomic E-state index is 0.135. The summed E-state index contributed by atoms with van der Waals surface area (Å²) in [7, 11) is 0. The summed E-state index contributed by atoms with van der Waals surface area (Å²) < 4.78 is 5.49. The van der Waals surface area contributed by atoms with Crippen LogP contribution in [0.1, 0.15) is 68.6 Å². The number of hydrogen-bond acceptors (Lipinski definition) is 7. The topological polar surface area (TPSA) is 119 Å². The molecular weight excluding hydrogens is 452 g/mol. The SMILES string of the molecule is CC(C)(C)OC(=O)N1CCC2(CC1)CN(c1ccc3c(c1)C(O)N(C1CCC(=O)NC1=O)C3=O)C2. The monoisotopic (exact) mass is 484 g/mol. The molecular formula is C25H32N4O6. The van der Waals surface area contributed by atoms with Gasteiger partial charge in [0.2, 0.25) is 11.8 Å². The summed E-state index contributed by atoms with van der Waals surface area (Å²) in [6, 6.07) is 4.54. The van der Waals surface area contributed by atoms with Gasteiger partial charge in [-0.05, 0) is 58.2 Å². The summed E-state index contributed by atoms with van der Waals surface area (Å²) in [5.74, 6) is -1.32. The van der Waals surface area contributed by atoms with E-state index >= 15 is 0 Å². The molecule has 3 fully saturated rings. The van der Waals surface area contributed by atoms with Crippen molar-refractivity contribution >= 4 is 29.5 Å². The Morgan fingerprint density at radius 1 is 1.14 bits per heavy atom. The molecule has 4 aliphatic rings. The molecule has 4 amide bonds. The van der Waals surface area contributed by atoms with Gasteiger partial charge >= 0.3 is 6.09 Å². The number of hydrogen-bond donors (Lipinski definition) is 2. The Labute approximate surface area is 204 Å². The molecule has 10 heteroatoms. The lowest BCUT2D eigenvalue weighted by atomic mass is 9.72. The summed E-state index contributed by atoms with van der Waals surface area (Å²) in [5, 5.41) is 13.2. The second-order valence-electron chi connectivity index (χ2n) is 11.1. The van der Waals surface area contributed by atoms with Gasteiger partial charge in [-0.3, -0.25) is 24.6 Å². The fourth-order valence-electron chi connectivity index (χ4n) is 5.57. The molecule has 1 aromatic carbocycles. The molecule has 2 unspecified atom stereocenters. The highest BCUT2D eigenvalue weighted by atomic mass is 16.6. The first-order valence-corrected chi connectivity index (χ1v) is 12.2. The van der Waals surface area contributed by atoms with Gasteiger partial charge < -0.3 is 19.6 Å². The first-order chi connectivity index (χ1) is 16.5. The zero-order valence-corrected chi connectivity index (χ0v) is 20.4. The normalized spacial score (nSPS) is 25.9. The molecule has 0 saturated carbocycles. The van der Waals surface area contributed by atoms with E-state index in [1.54, 1.807) is 11.0 Å². The van der Waals surface area contributed by atoms with Crippen molar-refractivity contribution < 1.29 is 29.0 Å². The fourth-order valence-corrected chi connectivity index (χ4v) is 5.57. The lowest BCUT2D eigenvalue weighted by molar-refractivity contribution is -0.139. The molecule has 188 valence electrons. The van der Waals surface area contributed by atoms with Crippen molar-refractivity contribution in [2.75, 3.05) is 31.1 Å². The van der Waals surface area contributed by atoms with Crippen molar-refractivity contribution in [1.82, 2.24) is 15.1 Å². The number of benzene rings is 1. The Morgan fingerprint density at radius 2 is 1.83 bits per heavy atom. The molecule has 2 atom stereocenters. The molecule has 35 heavy (non-hydrogen) atoms. The van der Waals surface area contributed by atoms with E-state index in [2.05, 4.69) is 10.2 Å². The number of carbonyl (C=O) groups is 4. The Morgan fingerprint density at radius 3 is 2.46 bits per heavy atom. The van der Waals surface area contributed by atoms with Crippen LogP contribution in [0.3, 0.4) is 0 Å². The van der Waals surface area contributed by atoms with E-state index < -0.39 is 29.7 Å². The number of amides is 4. The minimum Gasteiger partial charge on any atom is -0.444 e. The number of imide groups is 1. The van der Waals surface area contributed by atoms with Crippen LogP contribution in [0.2, 0.25) is 0 Å². The third-order valence-corrected chi connectivity index (χ3v) is 7.48. The van der Waals surface area contributed by atoms with E-state index in [0.29, 0.717) is 24.2 Å². The molecule has 1 aromatic rings. The van der Waals surface area contributed by atoms with Gasteiger partial charge in [0.25, 0.3) is 5.91 Å². The largest absolute Gasteiger partial charge is 0.444 e. The van der Waals surface area contributed by atoms with Gasteiger partial charge in [-0.25, -0.2) is 4.79 Å². The van der Waals surface area contributed by atoms with Crippen LogP contribution in [-0.4, -0.2) is 76.5 Å². The zero-order valence-electron chi connectivity index (χ0n) is 20.4. The van der Waals surface area contributed by atoms with Crippen molar-refractivity contribution in [2.24, 2.45) is 5.41 Å². The second kappa shape index (κ2) is 8.22. The summed E-state index contributed by atoms with van der Waals surface area (Å²) in [5.41, 5.74) is 1.42. The second-order valence-corrected chi connectivity index (χ2v) is 11.1. The average molecular weight is 485 g/mol. The number of carbonyl (C=O) groups excluding carboxylic acids is 4. The number of nitrogens with zero attached hydrogens (tertiary/aromatic N) is 3. The first-order valence-electron chi connectivity index (χ1n) is 12.2. The van der Waals surface area contributed by atoms with E-state index in [9.17, 15) is 24.3 Å². The Bertz CT molecular complexity index is 1080. The molecule has 0 aromatic heterocycles. The summed E-state index contributed by atoms with van der Waals surface area (Å²) >= 11 is 0. The van der Waals surface area contributed by atoms with Crippen LogP contribution in [0.4, 0.5) is 10.5 Å². The van der Waals surface area contributed by atoms with Gasteiger partial charge in [-0.1, -0.05) is 0 Å². The highest BCUT2D eigenvalue weighted by Gasteiger charge is 2.48. The third kappa shape index (κ3) is 4.24. The van der Waals surface area contributed by atoms with Gasteiger partial charge in [0.05, 0.1) is 0 Å². The van der Waals surface area contributed by atoms with Gasteiger partial charge in [0.1, 0.15) is 11.6 Å². The van der Waals surface area contributed by atoms with Crippen molar-refractivity contribution in [2.45, 2.75) is 64.3 Å². The fraction of sp³-hybridized carbons (Fsp3) is 0.600. The number of aliphatic hydroxyl groups is 1. The molecule has 0 aliphatic carbocycles. The van der Waals surface area contributed by atoms with Crippen LogP contribution in [0, 0.1) is 5.41 Å². The van der Waals surface area contributed by atoms with Crippen LogP contribution in [-0.2, 0) is 14.3 Å². The van der Waals surface area contributed by atoms with E-state index in [4.69, 9.17) is 4.74 Å². The number of rotatable bonds is 2. The molecule has 2 N–H and O–H groups in total. The van der Waals surface area contributed by atoms with Crippen molar-refractivity contribution in [3.63, 3.8) is 0 Å². The number of fused-ring (bicyclic) bond motifs is 1. The van der Waals surface area contributed by atoms with E-state index in [1.165, 1.54) is 4.90 Å². The summed E-state index contributed by atoms with van der Waals surface area (Å²) in [6.07, 6.45) is 0.643. The van der Waals surface area contributed by atoms with Crippen LogP contribution in [0.25, 0.3) is 0 Å². The van der Waals surface area contributed by atoms with Crippen LogP contribution in [0.5, 0.6) is 0 Å². The minimum atomic E-state index is -1.23. The van der Waals surface area contributed by atoms with E-state index in [0.717, 1.165) is 31.6 Å². The maximum Gasteiger partial charge on any atom is 0.410 e. The Hall–Kier alpha value is -3.14. The predicted molar refractivity (Wildman–Crippen MR) is 125 cm³/mol. The van der Waals surface area contributed by atoms with Crippen molar-refractivity contribution in [1.29, 1.82) is 0 Å². The zero-order chi connectivity index (χ0) is 25.1. The van der Waals surface area contributed by atoms with Gasteiger partial charge in [-0.15, -0.1) is 0 Å². The van der Waals surface area contributed by atoms with Gasteiger partial charge in [0, 0.05) is 54.8 Å². The highest BCUT2D eigenvalue weighted by Crippen LogP contribution is 2.44. The lowest BCUT2D eigenvalue weighted by Crippen LogP contribution is -2.61. The predicted octanol–water partition coefficient (Wildman–Crippen LogP) is 1.78.